The molecule has 1 saturated carbocycles. The molecule has 4 nitrogen and oxygen atoms in total. The van der Waals surface area contributed by atoms with Crippen molar-refractivity contribution in [2.24, 2.45) is 0 Å². The van der Waals surface area contributed by atoms with Gasteiger partial charge in [0.1, 0.15) is 0 Å². The standard InChI is InChI=1S/C10H17N3O/c14-10-7-12-4-3-11-5-9(12)6-13(10)8-1-2-8/h8-9,11H,1-7H2. The van der Waals surface area contributed by atoms with Gasteiger partial charge in [0.05, 0.1) is 6.54 Å². The van der Waals surface area contributed by atoms with Crippen molar-refractivity contribution in [2.45, 2.75) is 24.9 Å². The zero-order valence-corrected chi connectivity index (χ0v) is 8.41. The quantitative estimate of drug-likeness (QED) is 0.599. The van der Waals surface area contributed by atoms with Gasteiger partial charge in [0.2, 0.25) is 5.91 Å². The van der Waals surface area contributed by atoms with E-state index in [-0.39, 0.29) is 0 Å². The van der Waals surface area contributed by atoms with E-state index in [2.05, 4.69) is 15.1 Å². The molecule has 0 radical (unpaired) electrons. The van der Waals surface area contributed by atoms with E-state index in [1.54, 1.807) is 0 Å². The van der Waals surface area contributed by atoms with E-state index in [4.69, 9.17) is 0 Å². The van der Waals surface area contributed by atoms with Crippen molar-refractivity contribution in [3.63, 3.8) is 0 Å². The Morgan fingerprint density at radius 2 is 2.14 bits per heavy atom. The molecule has 2 saturated heterocycles. The van der Waals surface area contributed by atoms with Gasteiger partial charge in [-0.25, -0.2) is 0 Å². The van der Waals surface area contributed by atoms with Crippen LogP contribution in [0.25, 0.3) is 0 Å². The highest BCUT2D eigenvalue weighted by molar-refractivity contribution is 5.80. The molecule has 1 N–H and O–H groups in total. The van der Waals surface area contributed by atoms with Gasteiger partial charge in [-0.15, -0.1) is 0 Å². The number of rotatable bonds is 1. The van der Waals surface area contributed by atoms with Crippen molar-refractivity contribution in [2.75, 3.05) is 32.7 Å². The molecule has 3 fully saturated rings. The maximum absolute atomic E-state index is 11.8. The van der Waals surface area contributed by atoms with Crippen LogP contribution >= 0.6 is 0 Å². The average molecular weight is 195 g/mol. The third kappa shape index (κ3) is 1.42. The summed E-state index contributed by atoms with van der Waals surface area (Å²) in [7, 11) is 0. The number of amides is 1. The van der Waals surface area contributed by atoms with Gasteiger partial charge >= 0.3 is 0 Å². The summed E-state index contributed by atoms with van der Waals surface area (Å²) in [6.07, 6.45) is 2.46. The van der Waals surface area contributed by atoms with E-state index >= 15 is 0 Å². The summed E-state index contributed by atoms with van der Waals surface area (Å²) in [6, 6.07) is 1.16. The molecule has 0 bridgehead atoms. The van der Waals surface area contributed by atoms with Gasteiger partial charge in [-0.2, -0.15) is 0 Å². The second kappa shape index (κ2) is 3.21. The van der Waals surface area contributed by atoms with Gasteiger partial charge in [0, 0.05) is 38.3 Å². The van der Waals surface area contributed by atoms with E-state index in [1.807, 2.05) is 0 Å². The van der Waals surface area contributed by atoms with E-state index < -0.39 is 0 Å². The van der Waals surface area contributed by atoms with Crippen LogP contribution in [0.15, 0.2) is 0 Å². The topological polar surface area (TPSA) is 35.6 Å². The van der Waals surface area contributed by atoms with Gasteiger partial charge in [-0.1, -0.05) is 0 Å². The van der Waals surface area contributed by atoms with Crippen LogP contribution in [0.2, 0.25) is 0 Å². The Kier molecular flexibility index (Phi) is 1.99. The lowest BCUT2D eigenvalue weighted by atomic mass is 10.1. The third-order valence-corrected chi connectivity index (χ3v) is 3.53. The van der Waals surface area contributed by atoms with Gasteiger partial charge in [-0.3, -0.25) is 9.69 Å². The lowest BCUT2D eigenvalue weighted by Gasteiger charge is -2.43. The minimum atomic E-state index is 0.352. The van der Waals surface area contributed by atoms with Crippen molar-refractivity contribution >= 4 is 5.91 Å². The zero-order chi connectivity index (χ0) is 9.54. The van der Waals surface area contributed by atoms with Gasteiger partial charge in [-0.05, 0) is 12.8 Å². The first-order chi connectivity index (χ1) is 6.84. The SMILES string of the molecule is O=C1CN2CCNCC2CN1C1CC1. The molecule has 2 aliphatic heterocycles. The zero-order valence-electron chi connectivity index (χ0n) is 8.41. The Morgan fingerprint density at radius 1 is 1.29 bits per heavy atom. The molecule has 78 valence electrons. The van der Waals surface area contributed by atoms with Crippen LogP contribution in [0, 0.1) is 0 Å². The maximum Gasteiger partial charge on any atom is 0.237 e. The number of piperazine rings is 2. The van der Waals surface area contributed by atoms with Crippen LogP contribution in [0.4, 0.5) is 0 Å². The first-order valence-corrected chi connectivity index (χ1v) is 5.59. The van der Waals surface area contributed by atoms with Crippen LogP contribution in [0.1, 0.15) is 12.8 Å². The molecular weight excluding hydrogens is 178 g/mol. The van der Waals surface area contributed by atoms with Gasteiger partial charge < -0.3 is 10.2 Å². The number of hydrogen-bond donors (Lipinski definition) is 1. The highest BCUT2D eigenvalue weighted by Crippen LogP contribution is 2.29. The van der Waals surface area contributed by atoms with Crippen molar-refractivity contribution in [3.05, 3.63) is 0 Å². The van der Waals surface area contributed by atoms with E-state index in [1.165, 1.54) is 12.8 Å². The minimum Gasteiger partial charge on any atom is -0.337 e. The molecule has 1 unspecified atom stereocenters. The number of carbonyl (C=O) groups excluding carboxylic acids is 1. The molecule has 14 heavy (non-hydrogen) atoms. The minimum absolute atomic E-state index is 0.352. The molecule has 0 aromatic rings. The molecule has 0 aromatic carbocycles. The highest BCUT2D eigenvalue weighted by Gasteiger charge is 2.40. The van der Waals surface area contributed by atoms with Crippen LogP contribution in [0.5, 0.6) is 0 Å². The molecule has 3 rings (SSSR count). The van der Waals surface area contributed by atoms with Crippen molar-refractivity contribution < 1.29 is 4.79 Å². The number of nitrogens with one attached hydrogen (secondary N) is 1. The lowest BCUT2D eigenvalue weighted by Crippen LogP contribution is -2.63. The monoisotopic (exact) mass is 195 g/mol. The molecule has 4 heteroatoms. The fraction of sp³-hybridized carbons (Fsp3) is 0.900. The summed E-state index contributed by atoms with van der Waals surface area (Å²) >= 11 is 0. The van der Waals surface area contributed by atoms with E-state index in [9.17, 15) is 4.79 Å². The fourth-order valence-corrected chi connectivity index (χ4v) is 2.52. The molecular formula is C10H17N3O. The Hall–Kier alpha value is -0.610. The second-order valence-electron chi connectivity index (χ2n) is 4.61. The summed E-state index contributed by atoms with van der Waals surface area (Å²) in [4.78, 5) is 16.2. The first kappa shape index (κ1) is 8.68. The smallest absolute Gasteiger partial charge is 0.237 e. The Bertz CT molecular complexity index is 252. The Balaban J connectivity index is 1.70. The molecule has 0 spiro atoms. The average Bonchev–Trinajstić information content (AvgIpc) is 3.00. The van der Waals surface area contributed by atoms with Crippen LogP contribution in [-0.4, -0.2) is 60.5 Å². The predicted molar refractivity (Wildman–Crippen MR) is 53.0 cm³/mol. The molecule has 1 amide bonds. The molecule has 3 aliphatic rings. The van der Waals surface area contributed by atoms with Crippen molar-refractivity contribution in [3.8, 4) is 0 Å². The van der Waals surface area contributed by atoms with Crippen LogP contribution in [0.3, 0.4) is 0 Å². The predicted octanol–water partition coefficient (Wildman–Crippen LogP) is -0.735. The van der Waals surface area contributed by atoms with Gasteiger partial charge in [0.15, 0.2) is 0 Å². The van der Waals surface area contributed by atoms with Crippen LogP contribution in [-0.2, 0) is 4.79 Å². The molecule has 0 aromatic heterocycles. The number of nitrogens with zero attached hydrogens (tertiary/aromatic N) is 2. The second-order valence-corrected chi connectivity index (χ2v) is 4.61. The summed E-state index contributed by atoms with van der Waals surface area (Å²) in [5, 5.41) is 3.40. The molecule has 2 heterocycles. The highest BCUT2D eigenvalue weighted by atomic mass is 16.2. The maximum atomic E-state index is 11.8. The van der Waals surface area contributed by atoms with Crippen molar-refractivity contribution in [1.82, 2.24) is 15.1 Å². The summed E-state index contributed by atoms with van der Waals surface area (Å²) < 4.78 is 0. The van der Waals surface area contributed by atoms with Crippen molar-refractivity contribution in [1.29, 1.82) is 0 Å². The molecule has 1 aliphatic carbocycles. The number of carbonyl (C=O) groups is 1. The normalized spacial score (nSPS) is 34.4. The summed E-state index contributed by atoms with van der Waals surface area (Å²) in [6.45, 7) is 4.73. The summed E-state index contributed by atoms with van der Waals surface area (Å²) in [5.41, 5.74) is 0. The summed E-state index contributed by atoms with van der Waals surface area (Å²) in [5.74, 6) is 0.352. The number of hydrogen-bond acceptors (Lipinski definition) is 3. The van der Waals surface area contributed by atoms with Crippen LogP contribution < -0.4 is 5.32 Å². The Morgan fingerprint density at radius 3 is 2.93 bits per heavy atom. The third-order valence-electron chi connectivity index (χ3n) is 3.53. The molecule has 1 atom stereocenters. The van der Waals surface area contributed by atoms with E-state index in [0.717, 1.165) is 26.2 Å². The number of fused-ring (bicyclic) bond motifs is 1. The lowest BCUT2D eigenvalue weighted by molar-refractivity contribution is -0.139. The van der Waals surface area contributed by atoms with Gasteiger partial charge in [0.25, 0.3) is 0 Å². The van der Waals surface area contributed by atoms with E-state index in [0.29, 0.717) is 24.5 Å². The fourth-order valence-electron chi connectivity index (χ4n) is 2.52. The largest absolute Gasteiger partial charge is 0.337 e. The Labute approximate surface area is 84.2 Å². The first-order valence-electron chi connectivity index (χ1n) is 5.59.